The Labute approximate surface area is 229 Å². The highest BCUT2D eigenvalue weighted by Gasteiger charge is 2.44. The average molecular weight is 543 g/mol. The lowest BCUT2D eigenvalue weighted by atomic mass is 9.89. The Morgan fingerprint density at radius 3 is 2.32 bits per heavy atom. The minimum Gasteiger partial charge on any atom is -0.366 e. The Balaban J connectivity index is 1.43. The fourth-order valence-corrected chi connectivity index (χ4v) is 7.66. The molecule has 3 fully saturated rings. The van der Waals surface area contributed by atoms with Crippen LogP contribution in [0.5, 0.6) is 0 Å². The van der Waals surface area contributed by atoms with Gasteiger partial charge < -0.3 is 20.1 Å². The first-order valence-electron chi connectivity index (χ1n) is 14.4. The number of para-hydroxylation sites is 2. The molecule has 5 rings (SSSR count). The minimum absolute atomic E-state index is 0.0139. The molecule has 0 spiro atoms. The summed E-state index contributed by atoms with van der Waals surface area (Å²) in [4.78, 5) is 34.4. The van der Waals surface area contributed by atoms with Crippen LogP contribution in [0.25, 0.3) is 11.0 Å². The number of carbonyl (C=O) groups is 1. The monoisotopic (exact) mass is 542 g/mol. The van der Waals surface area contributed by atoms with Gasteiger partial charge in [0.15, 0.2) is 12.0 Å². The first-order chi connectivity index (χ1) is 18.5. The zero-order chi connectivity index (χ0) is 26.6. The molecule has 2 aromatic rings. The number of fused-ring (bicyclic) bond motifs is 3. The highest BCUT2D eigenvalue weighted by Crippen LogP contribution is 2.44. The van der Waals surface area contributed by atoms with E-state index in [0.29, 0.717) is 35.8 Å². The van der Waals surface area contributed by atoms with Gasteiger partial charge in [-0.2, -0.15) is 11.8 Å². The average Bonchev–Trinajstić information content (AvgIpc) is 3.14. The van der Waals surface area contributed by atoms with Crippen molar-refractivity contribution in [1.82, 2.24) is 19.8 Å². The molecule has 3 heterocycles. The largest absolute Gasteiger partial charge is 0.366 e. The first kappa shape index (κ1) is 27.6. The van der Waals surface area contributed by atoms with Crippen LogP contribution in [-0.4, -0.2) is 73.0 Å². The molecule has 3 aliphatic rings. The van der Waals surface area contributed by atoms with Crippen LogP contribution in [0.3, 0.4) is 0 Å². The number of nitrogens with zero attached hydrogens (tertiary/aromatic N) is 3. The van der Waals surface area contributed by atoms with Gasteiger partial charge >= 0.3 is 0 Å². The number of aliphatic hydroxyl groups is 2. The van der Waals surface area contributed by atoms with Gasteiger partial charge in [0.25, 0.3) is 11.5 Å². The second-order valence-corrected chi connectivity index (χ2v) is 12.3. The Hall–Kier alpha value is -1.94. The molecular formula is C29H42N4O4S. The molecule has 3 N–H and O–H groups in total. The molecule has 1 amide bonds. The Morgan fingerprint density at radius 2 is 1.66 bits per heavy atom. The molecule has 1 aliphatic carbocycles. The Kier molecular flexibility index (Phi) is 9.08. The summed E-state index contributed by atoms with van der Waals surface area (Å²) < 4.78 is 1.82. The molecule has 2 saturated heterocycles. The standard InChI is InChI=1S/C29H42N4O4S/c1-38-16-15-24(29(36)37)31-27(34)26-28(35)33(25-12-8-7-11-23(25)30-26)22-17-20-13-14-21(18-22)32(20)19-9-5-3-2-4-6-10-19/h7-8,11-12,19-22,24,29,36-37H,2-6,9-10,13-18H2,1H3,(H,31,34)/t20-,21+,22?,24?. The van der Waals surface area contributed by atoms with Gasteiger partial charge in [0.1, 0.15) is 0 Å². The lowest BCUT2D eigenvalue weighted by Gasteiger charge is -2.45. The van der Waals surface area contributed by atoms with E-state index in [0.717, 1.165) is 18.4 Å². The smallest absolute Gasteiger partial charge is 0.282 e. The van der Waals surface area contributed by atoms with Gasteiger partial charge in [-0.15, -0.1) is 0 Å². The number of nitrogens with one attached hydrogen (secondary N) is 1. The maximum absolute atomic E-state index is 13.9. The number of aromatic nitrogens is 2. The molecule has 1 aromatic heterocycles. The van der Waals surface area contributed by atoms with Crippen molar-refractivity contribution in [2.24, 2.45) is 0 Å². The van der Waals surface area contributed by atoms with E-state index in [1.54, 1.807) is 11.8 Å². The van der Waals surface area contributed by atoms with Gasteiger partial charge in [0.2, 0.25) is 0 Å². The van der Waals surface area contributed by atoms with E-state index < -0.39 is 18.2 Å². The molecular weight excluding hydrogens is 500 g/mol. The van der Waals surface area contributed by atoms with Gasteiger partial charge in [-0.25, -0.2) is 4.98 Å². The van der Waals surface area contributed by atoms with Gasteiger partial charge in [-0.3, -0.25) is 14.5 Å². The van der Waals surface area contributed by atoms with Crippen molar-refractivity contribution in [1.29, 1.82) is 0 Å². The van der Waals surface area contributed by atoms with Crippen molar-refractivity contribution < 1.29 is 15.0 Å². The van der Waals surface area contributed by atoms with Crippen molar-refractivity contribution in [3.8, 4) is 0 Å². The summed E-state index contributed by atoms with van der Waals surface area (Å²) >= 11 is 1.56. The first-order valence-corrected chi connectivity index (χ1v) is 15.8. The molecule has 0 radical (unpaired) electrons. The van der Waals surface area contributed by atoms with Crippen LogP contribution in [0, 0.1) is 0 Å². The number of amides is 1. The van der Waals surface area contributed by atoms with E-state index in [2.05, 4.69) is 15.2 Å². The second-order valence-electron chi connectivity index (χ2n) is 11.4. The van der Waals surface area contributed by atoms with Gasteiger partial charge in [-0.1, -0.05) is 44.2 Å². The number of rotatable bonds is 8. The molecule has 9 heteroatoms. The molecule has 2 unspecified atom stereocenters. The van der Waals surface area contributed by atoms with Crippen molar-refractivity contribution in [3.05, 3.63) is 40.3 Å². The SMILES string of the molecule is CSCCC(NC(=O)c1nc2ccccc2n(C2C[C@H]3CC[C@@H](C2)N3C2CCCCCCC2)c1=O)C(O)O. The normalized spacial score (nSPS) is 25.8. The highest BCUT2D eigenvalue weighted by molar-refractivity contribution is 7.98. The van der Waals surface area contributed by atoms with E-state index in [1.165, 1.54) is 57.8 Å². The van der Waals surface area contributed by atoms with Crippen molar-refractivity contribution in [3.63, 3.8) is 0 Å². The number of thioether (sulfide) groups is 1. The predicted octanol–water partition coefficient (Wildman–Crippen LogP) is 3.84. The predicted molar refractivity (Wildman–Crippen MR) is 152 cm³/mol. The van der Waals surface area contributed by atoms with Gasteiger partial charge in [0, 0.05) is 24.2 Å². The Morgan fingerprint density at radius 1 is 1.00 bits per heavy atom. The number of piperidine rings is 1. The van der Waals surface area contributed by atoms with E-state index in [1.807, 2.05) is 35.1 Å². The third-order valence-electron chi connectivity index (χ3n) is 8.95. The van der Waals surface area contributed by atoms with Crippen LogP contribution >= 0.6 is 11.8 Å². The topological polar surface area (TPSA) is 108 Å². The van der Waals surface area contributed by atoms with Gasteiger partial charge in [0.05, 0.1) is 17.1 Å². The quantitative estimate of drug-likeness (QED) is 0.435. The van der Waals surface area contributed by atoms with Crippen LogP contribution in [0.2, 0.25) is 0 Å². The van der Waals surface area contributed by atoms with E-state index in [4.69, 9.17) is 0 Å². The molecule has 2 aliphatic heterocycles. The third kappa shape index (κ3) is 5.81. The van der Waals surface area contributed by atoms with Gasteiger partial charge in [-0.05, 0) is 69.1 Å². The van der Waals surface area contributed by atoms with Crippen LogP contribution in [0.1, 0.15) is 93.6 Å². The fraction of sp³-hybridized carbons (Fsp3) is 0.690. The van der Waals surface area contributed by atoms with Crippen molar-refractivity contribution in [2.45, 2.75) is 114 Å². The summed E-state index contributed by atoms with van der Waals surface area (Å²) in [6, 6.07) is 8.30. The van der Waals surface area contributed by atoms with E-state index in [-0.39, 0.29) is 17.3 Å². The maximum Gasteiger partial charge on any atom is 0.282 e. The maximum atomic E-state index is 13.9. The summed E-state index contributed by atoms with van der Waals surface area (Å²) in [6.07, 6.45) is 14.0. The molecule has 208 valence electrons. The summed E-state index contributed by atoms with van der Waals surface area (Å²) in [5.41, 5.74) is 0.811. The lowest BCUT2D eigenvalue weighted by molar-refractivity contribution is -0.0654. The summed E-state index contributed by atoms with van der Waals surface area (Å²) in [6.45, 7) is 0. The van der Waals surface area contributed by atoms with E-state index >= 15 is 0 Å². The highest BCUT2D eigenvalue weighted by atomic mass is 32.2. The molecule has 1 saturated carbocycles. The number of hydrogen-bond donors (Lipinski definition) is 3. The zero-order valence-electron chi connectivity index (χ0n) is 22.4. The van der Waals surface area contributed by atoms with Crippen LogP contribution in [0.4, 0.5) is 0 Å². The molecule has 4 atom stereocenters. The molecule has 1 aromatic carbocycles. The number of hydrogen-bond acceptors (Lipinski definition) is 7. The minimum atomic E-state index is -1.71. The zero-order valence-corrected chi connectivity index (χ0v) is 23.2. The summed E-state index contributed by atoms with van der Waals surface area (Å²) in [7, 11) is 0. The molecule has 8 nitrogen and oxygen atoms in total. The summed E-state index contributed by atoms with van der Waals surface area (Å²) in [5.74, 6) is 0.00366. The van der Waals surface area contributed by atoms with Crippen molar-refractivity contribution in [2.75, 3.05) is 12.0 Å². The fourth-order valence-electron chi connectivity index (χ4n) is 7.17. The Bertz CT molecular complexity index is 1150. The number of aliphatic hydroxyl groups excluding tert-OH is 1. The molecule has 38 heavy (non-hydrogen) atoms. The summed E-state index contributed by atoms with van der Waals surface area (Å²) in [5, 5.41) is 22.2. The van der Waals surface area contributed by atoms with Crippen LogP contribution < -0.4 is 10.9 Å². The number of carbonyl (C=O) groups excluding carboxylic acids is 1. The third-order valence-corrected chi connectivity index (χ3v) is 9.59. The van der Waals surface area contributed by atoms with Crippen LogP contribution in [-0.2, 0) is 0 Å². The number of benzene rings is 1. The second kappa shape index (κ2) is 12.5. The van der Waals surface area contributed by atoms with Crippen molar-refractivity contribution >= 4 is 28.7 Å². The van der Waals surface area contributed by atoms with Crippen LogP contribution in [0.15, 0.2) is 29.1 Å². The molecule has 2 bridgehead atoms. The lowest BCUT2D eigenvalue weighted by Crippen LogP contribution is -2.51. The van der Waals surface area contributed by atoms with E-state index in [9.17, 15) is 19.8 Å².